The lowest BCUT2D eigenvalue weighted by Gasteiger charge is -2.24. The molecule has 5 heteroatoms. The molecule has 1 fully saturated rings. The van der Waals surface area contributed by atoms with Crippen LogP contribution in [0.15, 0.2) is 18.2 Å². The Hall–Kier alpha value is -1.04. The fourth-order valence-electron chi connectivity index (χ4n) is 2.96. The molecule has 2 rings (SSSR count). The van der Waals surface area contributed by atoms with Crippen molar-refractivity contribution in [2.24, 2.45) is 5.41 Å². The average molecular weight is 291 g/mol. The van der Waals surface area contributed by atoms with Gasteiger partial charge in [0.2, 0.25) is 0 Å². The van der Waals surface area contributed by atoms with Crippen molar-refractivity contribution in [2.45, 2.75) is 39.7 Å². The lowest BCUT2D eigenvalue weighted by atomic mass is 9.79. The van der Waals surface area contributed by atoms with E-state index in [2.05, 4.69) is 18.7 Å². The van der Waals surface area contributed by atoms with E-state index in [-0.39, 0.29) is 0 Å². The lowest BCUT2D eigenvalue weighted by Crippen LogP contribution is -2.31. The molecule has 116 valence electrons. The smallest absolute Gasteiger partial charge is 0.488 e. The quantitative estimate of drug-likeness (QED) is 0.823. The van der Waals surface area contributed by atoms with Crippen molar-refractivity contribution < 1.29 is 14.8 Å². The first-order valence-corrected chi connectivity index (χ1v) is 7.66. The van der Waals surface area contributed by atoms with Gasteiger partial charge in [-0.05, 0) is 49.3 Å². The number of methoxy groups -OCH3 is 1. The Labute approximate surface area is 127 Å². The summed E-state index contributed by atoms with van der Waals surface area (Å²) in [7, 11) is 0.220. The standard InChI is InChI=1S/C16H26BNO3/c1-16(2)7-4-9-18(10-8-16)12-13-11-14(17(19)20)5-6-15(13)21-3/h5-6,11,19-20H,4,7-10,12H2,1-3H3. The SMILES string of the molecule is COc1ccc(B(O)O)cc1CN1CCCC(C)(C)CC1. The van der Waals surface area contributed by atoms with Gasteiger partial charge in [0.25, 0.3) is 0 Å². The van der Waals surface area contributed by atoms with E-state index in [4.69, 9.17) is 4.74 Å². The molecule has 0 spiro atoms. The summed E-state index contributed by atoms with van der Waals surface area (Å²) < 4.78 is 5.40. The molecule has 0 radical (unpaired) electrons. The molecule has 0 saturated carbocycles. The maximum atomic E-state index is 9.33. The number of rotatable bonds is 4. The first-order valence-electron chi connectivity index (χ1n) is 7.66. The second-order valence-corrected chi connectivity index (χ2v) is 6.74. The first kappa shape index (κ1) is 16.3. The van der Waals surface area contributed by atoms with E-state index in [0.29, 0.717) is 10.9 Å². The van der Waals surface area contributed by atoms with Crippen LogP contribution in [0.1, 0.15) is 38.7 Å². The maximum Gasteiger partial charge on any atom is 0.488 e. The summed E-state index contributed by atoms with van der Waals surface area (Å²) in [6, 6.07) is 5.34. The highest BCUT2D eigenvalue weighted by molar-refractivity contribution is 6.58. The predicted octanol–water partition coefficient (Wildman–Crippen LogP) is 1.39. The minimum absolute atomic E-state index is 0.419. The van der Waals surface area contributed by atoms with Crippen LogP contribution in [-0.4, -0.2) is 42.3 Å². The minimum Gasteiger partial charge on any atom is -0.496 e. The van der Waals surface area contributed by atoms with Gasteiger partial charge in [-0.3, -0.25) is 4.90 Å². The molecule has 0 atom stereocenters. The van der Waals surface area contributed by atoms with Gasteiger partial charge in [-0.1, -0.05) is 26.0 Å². The summed E-state index contributed by atoms with van der Waals surface area (Å²) in [5.41, 5.74) is 1.95. The molecule has 1 aromatic carbocycles. The van der Waals surface area contributed by atoms with Crippen molar-refractivity contribution in [2.75, 3.05) is 20.2 Å². The molecule has 1 aliphatic rings. The summed E-state index contributed by atoms with van der Waals surface area (Å²) in [6.45, 7) is 7.61. The van der Waals surface area contributed by atoms with Crippen LogP contribution >= 0.6 is 0 Å². The average Bonchev–Trinajstić information content (AvgIpc) is 2.60. The van der Waals surface area contributed by atoms with Gasteiger partial charge in [0.15, 0.2) is 0 Å². The Morgan fingerprint density at radius 1 is 1.24 bits per heavy atom. The van der Waals surface area contributed by atoms with Gasteiger partial charge in [-0.25, -0.2) is 0 Å². The molecule has 0 unspecified atom stereocenters. The van der Waals surface area contributed by atoms with Crippen LogP contribution < -0.4 is 10.2 Å². The van der Waals surface area contributed by atoms with Crippen LogP contribution in [0.25, 0.3) is 0 Å². The normalized spacial score (nSPS) is 19.1. The number of ether oxygens (including phenoxy) is 1. The first-order chi connectivity index (χ1) is 9.91. The summed E-state index contributed by atoms with van der Waals surface area (Å²) in [6.07, 6.45) is 3.66. The number of hydrogen-bond acceptors (Lipinski definition) is 4. The number of benzene rings is 1. The monoisotopic (exact) mass is 291 g/mol. The zero-order chi connectivity index (χ0) is 15.5. The second-order valence-electron chi connectivity index (χ2n) is 6.74. The molecular weight excluding hydrogens is 265 g/mol. The Morgan fingerprint density at radius 2 is 2.00 bits per heavy atom. The van der Waals surface area contributed by atoms with E-state index >= 15 is 0 Å². The van der Waals surface area contributed by atoms with Crippen molar-refractivity contribution in [1.82, 2.24) is 4.90 Å². The third-order valence-corrected chi connectivity index (χ3v) is 4.43. The van der Waals surface area contributed by atoms with Crippen molar-refractivity contribution >= 4 is 12.6 Å². The van der Waals surface area contributed by atoms with Crippen molar-refractivity contribution in [3.8, 4) is 5.75 Å². The van der Waals surface area contributed by atoms with Gasteiger partial charge >= 0.3 is 7.12 Å². The molecular formula is C16H26BNO3. The van der Waals surface area contributed by atoms with Gasteiger partial charge in [-0.2, -0.15) is 0 Å². The van der Waals surface area contributed by atoms with Gasteiger partial charge in [0.1, 0.15) is 5.75 Å². The van der Waals surface area contributed by atoms with Gasteiger partial charge in [0.05, 0.1) is 7.11 Å². The van der Waals surface area contributed by atoms with Gasteiger partial charge in [-0.15, -0.1) is 0 Å². The van der Waals surface area contributed by atoms with E-state index in [9.17, 15) is 10.0 Å². The number of nitrogens with zero attached hydrogens (tertiary/aromatic N) is 1. The van der Waals surface area contributed by atoms with Crippen LogP contribution in [-0.2, 0) is 6.54 Å². The van der Waals surface area contributed by atoms with Gasteiger partial charge in [0, 0.05) is 12.1 Å². The highest BCUT2D eigenvalue weighted by atomic mass is 16.5. The molecule has 0 bridgehead atoms. The molecule has 4 nitrogen and oxygen atoms in total. The summed E-state index contributed by atoms with van der Waals surface area (Å²) >= 11 is 0. The van der Waals surface area contributed by atoms with Crippen LogP contribution in [0.4, 0.5) is 0 Å². The van der Waals surface area contributed by atoms with Crippen LogP contribution in [0.5, 0.6) is 5.75 Å². The predicted molar refractivity (Wildman–Crippen MR) is 85.7 cm³/mol. The molecule has 1 saturated heterocycles. The van der Waals surface area contributed by atoms with Crippen molar-refractivity contribution in [3.63, 3.8) is 0 Å². The Kier molecular flexibility index (Phi) is 5.30. The molecule has 0 aromatic heterocycles. The molecule has 21 heavy (non-hydrogen) atoms. The van der Waals surface area contributed by atoms with E-state index in [1.807, 2.05) is 12.1 Å². The molecule has 2 N–H and O–H groups in total. The maximum absolute atomic E-state index is 9.33. The fourth-order valence-corrected chi connectivity index (χ4v) is 2.96. The molecule has 0 amide bonds. The van der Waals surface area contributed by atoms with E-state index in [0.717, 1.165) is 30.9 Å². The van der Waals surface area contributed by atoms with Crippen molar-refractivity contribution in [3.05, 3.63) is 23.8 Å². The third-order valence-electron chi connectivity index (χ3n) is 4.43. The summed E-state index contributed by atoms with van der Waals surface area (Å²) in [5.74, 6) is 0.808. The lowest BCUT2D eigenvalue weighted by molar-refractivity contribution is 0.252. The number of likely N-dealkylation sites (tertiary alicyclic amines) is 1. The zero-order valence-corrected chi connectivity index (χ0v) is 13.3. The Balaban J connectivity index is 2.12. The van der Waals surface area contributed by atoms with Crippen molar-refractivity contribution in [1.29, 1.82) is 0 Å². The molecule has 1 aliphatic heterocycles. The van der Waals surface area contributed by atoms with Gasteiger partial charge < -0.3 is 14.8 Å². The van der Waals surface area contributed by atoms with Crippen LogP contribution in [0, 0.1) is 5.41 Å². The molecule has 1 heterocycles. The molecule has 1 aromatic rings. The third kappa shape index (κ3) is 4.46. The zero-order valence-electron chi connectivity index (χ0n) is 13.3. The Morgan fingerprint density at radius 3 is 2.67 bits per heavy atom. The largest absolute Gasteiger partial charge is 0.496 e. The number of hydrogen-bond donors (Lipinski definition) is 2. The van der Waals surface area contributed by atoms with E-state index in [1.54, 1.807) is 13.2 Å². The second kappa shape index (κ2) is 6.82. The van der Waals surface area contributed by atoms with E-state index < -0.39 is 7.12 Å². The van der Waals surface area contributed by atoms with Crippen LogP contribution in [0.2, 0.25) is 0 Å². The minimum atomic E-state index is -1.43. The highest BCUT2D eigenvalue weighted by Gasteiger charge is 2.24. The summed E-state index contributed by atoms with van der Waals surface area (Å²) in [5, 5.41) is 18.7. The van der Waals surface area contributed by atoms with E-state index in [1.165, 1.54) is 19.3 Å². The topological polar surface area (TPSA) is 52.9 Å². The highest BCUT2D eigenvalue weighted by Crippen LogP contribution is 2.30. The summed E-state index contributed by atoms with van der Waals surface area (Å²) in [4.78, 5) is 2.43. The fraction of sp³-hybridized carbons (Fsp3) is 0.625. The Bertz CT molecular complexity index is 477. The van der Waals surface area contributed by atoms with Crippen LogP contribution in [0.3, 0.4) is 0 Å². The molecule has 0 aliphatic carbocycles.